The zero-order chi connectivity index (χ0) is 17.8. The summed E-state index contributed by atoms with van der Waals surface area (Å²) >= 11 is 0. The number of nitrogens with one attached hydrogen (secondary N) is 1. The Morgan fingerprint density at radius 3 is 2.67 bits per heavy atom. The average molecular weight is 335 g/mol. The van der Waals surface area contributed by atoms with E-state index in [2.05, 4.69) is 10.3 Å². The standard InChI is InChI=1S/C17H25N3O4/c1-16(2,3)24-15(22)20-11-7-9-17(12-20,19-14(21)23-4)13-8-5-6-10-18-13/h5-6,8,10H,7,9,11-12H2,1-4H3,(H,19,21). The van der Waals surface area contributed by atoms with E-state index >= 15 is 0 Å². The van der Waals surface area contributed by atoms with Gasteiger partial charge in [0.15, 0.2) is 0 Å². The average Bonchev–Trinajstić information content (AvgIpc) is 2.54. The normalized spacial score (nSPS) is 21.1. The highest BCUT2D eigenvalue weighted by Gasteiger charge is 2.42. The monoisotopic (exact) mass is 335 g/mol. The van der Waals surface area contributed by atoms with E-state index in [4.69, 9.17) is 9.47 Å². The number of hydrogen-bond donors (Lipinski definition) is 1. The molecule has 1 aromatic rings. The largest absolute Gasteiger partial charge is 0.453 e. The predicted molar refractivity (Wildman–Crippen MR) is 88.5 cm³/mol. The molecule has 0 bridgehead atoms. The van der Waals surface area contributed by atoms with Crippen LogP contribution in [0.1, 0.15) is 39.3 Å². The molecular weight excluding hydrogens is 310 g/mol. The van der Waals surface area contributed by atoms with Gasteiger partial charge >= 0.3 is 12.2 Å². The summed E-state index contributed by atoms with van der Waals surface area (Å²) in [5, 5.41) is 2.87. The Hall–Kier alpha value is -2.31. The Morgan fingerprint density at radius 2 is 2.08 bits per heavy atom. The molecule has 1 aliphatic heterocycles. The molecule has 1 fully saturated rings. The topological polar surface area (TPSA) is 80.8 Å². The van der Waals surface area contributed by atoms with Crippen LogP contribution in [0.25, 0.3) is 0 Å². The van der Waals surface area contributed by atoms with Gasteiger partial charge in [0.1, 0.15) is 11.1 Å². The third kappa shape index (κ3) is 4.37. The number of piperidine rings is 1. The smallest absolute Gasteiger partial charge is 0.410 e. The Labute approximate surface area is 142 Å². The van der Waals surface area contributed by atoms with Crippen molar-refractivity contribution in [3.8, 4) is 0 Å². The molecule has 24 heavy (non-hydrogen) atoms. The summed E-state index contributed by atoms with van der Waals surface area (Å²) in [5.74, 6) is 0. The van der Waals surface area contributed by atoms with Crippen molar-refractivity contribution in [3.05, 3.63) is 30.1 Å². The van der Waals surface area contributed by atoms with Crippen LogP contribution in [0.5, 0.6) is 0 Å². The van der Waals surface area contributed by atoms with E-state index in [1.54, 1.807) is 11.1 Å². The van der Waals surface area contributed by atoms with Gasteiger partial charge < -0.3 is 19.7 Å². The van der Waals surface area contributed by atoms with E-state index in [1.165, 1.54) is 7.11 Å². The van der Waals surface area contributed by atoms with Gasteiger partial charge in [0, 0.05) is 12.7 Å². The number of aromatic nitrogens is 1. The van der Waals surface area contributed by atoms with Gasteiger partial charge in [0.2, 0.25) is 0 Å². The van der Waals surface area contributed by atoms with Gasteiger partial charge in [-0.1, -0.05) is 6.07 Å². The summed E-state index contributed by atoms with van der Waals surface area (Å²) in [7, 11) is 1.32. The first-order valence-electron chi connectivity index (χ1n) is 8.01. The van der Waals surface area contributed by atoms with Crippen molar-refractivity contribution >= 4 is 12.2 Å². The number of ether oxygens (including phenoxy) is 2. The van der Waals surface area contributed by atoms with E-state index in [1.807, 2.05) is 39.0 Å². The number of nitrogens with zero attached hydrogens (tertiary/aromatic N) is 2. The molecule has 1 aromatic heterocycles. The zero-order valence-electron chi connectivity index (χ0n) is 14.7. The molecule has 0 saturated carbocycles. The highest BCUT2D eigenvalue weighted by atomic mass is 16.6. The number of carbonyl (C=O) groups is 2. The van der Waals surface area contributed by atoms with Gasteiger partial charge in [-0.05, 0) is 45.7 Å². The Bertz CT molecular complexity index is 585. The van der Waals surface area contributed by atoms with Crippen LogP contribution < -0.4 is 5.32 Å². The van der Waals surface area contributed by atoms with E-state index in [9.17, 15) is 9.59 Å². The second-order valence-corrected chi connectivity index (χ2v) is 6.92. The van der Waals surface area contributed by atoms with Crippen molar-refractivity contribution in [1.29, 1.82) is 0 Å². The predicted octanol–water partition coefficient (Wildman–Crippen LogP) is 2.66. The molecule has 1 N–H and O–H groups in total. The fourth-order valence-electron chi connectivity index (χ4n) is 2.81. The molecule has 0 radical (unpaired) electrons. The number of methoxy groups -OCH3 is 1. The number of amides is 2. The van der Waals surface area contributed by atoms with Crippen molar-refractivity contribution < 1.29 is 19.1 Å². The van der Waals surface area contributed by atoms with E-state index in [0.717, 1.165) is 6.42 Å². The van der Waals surface area contributed by atoms with Crippen LogP contribution >= 0.6 is 0 Å². The Morgan fingerprint density at radius 1 is 1.33 bits per heavy atom. The maximum atomic E-state index is 12.4. The van der Waals surface area contributed by atoms with Crippen LogP contribution in [0.15, 0.2) is 24.4 Å². The molecule has 132 valence electrons. The van der Waals surface area contributed by atoms with E-state index < -0.39 is 23.3 Å². The van der Waals surface area contributed by atoms with E-state index in [0.29, 0.717) is 18.7 Å². The van der Waals surface area contributed by atoms with Gasteiger partial charge in [-0.2, -0.15) is 0 Å². The summed E-state index contributed by atoms with van der Waals surface area (Å²) in [5.41, 5.74) is -0.662. The maximum absolute atomic E-state index is 12.4. The molecule has 7 nitrogen and oxygen atoms in total. The molecule has 7 heteroatoms. The Kier molecular flexibility index (Phi) is 5.31. The van der Waals surface area contributed by atoms with Crippen molar-refractivity contribution in [1.82, 2.24) is 15.2 Å². The fourth-order valence-corrected chi connectivity index (χ4v) is 2.81. The number of carbonyl (C=O) groups excluding carboxylic acids is 2. The van der Waals surface area contributed by atoms with Crippen LogP contribution in [-0.2, 0) is 15.0 Å². The molecule has 1 saturated heterocycles. The van der Waals surface area contributed by atoms with Gasteiger partial charge in [-0.15, -0.1) is 0 Å². The summed E-state index contributed by atoms with van der Waals surface area (Å²) in [6, 6.07) is 5.51. The minimum absolute atomic E-state index is 0.286. The summed E-state index contributed by atoms with van der Waals surface area (Å²) in [6.45, 7) is 6.34. The second-order valence-electron chi connectivity index (χ2n) is 6.92. The molecule has 0 aromatic carbocycles. The third-order valence-corrected chi connectivity index (χ3v) is 3.83. The maximum Gasteiger partial charge on any atom is 0.410 e. The highest BCUT2D eigenvalue weighted by Crippen LogP contribution is 2.31. The lowest BCUT2D eigenvalue weighted by Crippen LogP contribution is -2.58. The number of rotatable bonds is 2. The number of pyridine rings is 1. The van der Waals surface area contributed by atoms with Gasteiger partial charge in [-0.25, -0.2) is 9.59 Å². The molecule has 1 aliphatic rings. The second kappa shape index (κ2) is 7.07. The summed E-state index contributed by atoms with van der Waals surface area (Å²) in [6.07, 6.45) is 2.11. The van der Waals surface area contributed by atoms with Crippen LogP contribution in [0.4, 0.5) is 9.59 Å². The first kappa shape index (κ1) is 18.0. The van der Waals surface area contributed by atoms with Gasteiger partial charge in [-0.3, -0.25) is 4.98 Å². The summed E-state index contributed by atoms with van der Waals surface area (Å²) < 4.78 is 10.2. The minimum Gasteiger partial charge on any atom is -0.453 e. The fraction of sp³-hybridized carbons (Fsp3) is 0.588. The molecule has 2 heterocycles. The highest BCUT2D eigenvalue weighted by molar-refractivity contribution is 5.70. The van der Waals surface area contributed by atoms with Gasteiger partial charge in [0.05, 0.1) is 19.3 Å². The van der Waals surface area contributed by atoms with Crippen molar-refractivity contribution in [2.75, 3.05) is 20.2 Å². The first-order valence-corrected chi connectivity index (χ1v) is 8.01. The van der Waals surface area contributed by atoms with Crippen molar-refractivity contribution in [3.63, 3.8) is 0 Å². The first-order chi connectivity index (χ1) is 11.3. The van der Waals surface area contributed by atoms with E-state index in [-0.39, 0.29) is 6.54 Å². The number of hydrogen-bond acceptors (Lipinski definition) is 5. The van der Waals surface area contributed by atoms with Crippen LogP contribution in [0.2, 0.25) is 0 Å². The number of likely N-dealkylation sites (tertiary alicyclic amines) is 1. The lowest BCUT2D eigenvalue weighted by atomic mass is 9.85. The minimum atomic E-state index is -0.788. The molecule has 1 atom stereocenters. The van der Waals surface area contributed by atoms with Crippen LogP contribution in [-0.4, -0.2) is 47.9 Å². The van der Waals surface area contributed by atoms with Crippen molar-refractivity contribution in [2.24, 2.45) is 0 Å². The zero-order valence-corrected chi connectivity index (χ0v) is 14.7. The lowest BCUT2D eigenvalue weighted by Gasteiger charge is -2.42. The molecule has 0 aliphatic carbocycles. The van der Waals surface area contributed by atoms with Crippen LogP contribution in [0.3, 0.4) is 0 Å². The molecule has 2 rings (SSSR count). The lowest BCUT2D eigenvalue weighted by molar-refractivity contribution is 0.00974. The quantitative estimate of drug-likeness (QED) is 0.898. The third-order valence-electron chi connectivity index (χ3n) is 3.83. The SMILES string of the molecule is COC(=O)NC1(c2ccccn2)CCCN(C(=O)OC(C)(C)C)C1. The van der Waals surface area contributed by atoms with Crippen molar-refractivity contribution in [2.45, 2.75) is 44.8 Å². The number of alkyl carbamates (subject to hydrolysis) is 1. The molecule has 1 unspecified atom stereocenters. The molecule has 0 spiro atoms. The van der Waals surface area contributed by atoms with Crippen LogP contribution in [0, 0.1) is 0 Å². The molecular formula is C17H25N3O4. The summed E-state index contributed by atoms with van der Waals surface area (Å²) in [4.78, 5) is 30.3. The molecule has 2 amide bonds. The Balaban J connectivity index is 2.27. The van der Waals surface area contributed by atoms with Gasteiger partial charge in [0.25, 0.3) is 0 Å².